The summed E-state index contributed by atoms with van der Waals surface area (Å²) in [6, 6.07) is 7.29. The van der Waals surface area contributed by atoms with Gasteiger partial charge >= 0.3 is 0 Å². The Morgan fingerprint density at radius 3 is 3.00 bits per heavy atom. The van der Waals surface area contributed by atoms with Crippen molar-refractivity contribution in [2.45, 2.75) is 25.8 Å². The molecule has 0 aromatic heterocycles. The van der Waals surface area contributed by atoms with Crippen molar-refractivity contribution in [2.24, 2.45) is 5.92 Å². The van der Waals surface area contributed by atoms with E-state index in [1.165, 1.54) is 25.6 Å². The van der Waals surface area contributed by atoms with Crippen molar-refractivity contribution in [3.8, 4) is 0 Å². The number of hydrogen-bond acceptors (Lipinski definition) is 2. The van der Waals surface area contributed by atoms with Crippen LogP contribution in [0.5, 0.6) is 0 Å². The van der Waals surface area contributed by atoms with Crippen LogP contribution in [0.3, 0.4) is 0 Å². The van der Waals surface area contributed by atoms with Crippen molar-refractivity contribution in [1.29, 1.82) is 0 Å². The van der Waals surface area contributed by atoms with E-state index in [2.05, 4.69) is 24.2 Å². The van der Waals surface area contributed by atoms with Gasteiger partial charge in [0.2, 0.25) is 0 Å². The Bertz CT molecular complexity index is 381. The standard InChI is InChI=1S/C15H23FN2/c1-12(8-13-4-3-5-15(16)9-13)17-10-14-6-7-18(2)11-14/h3-5,9,12,14,17H,6-8,10-11H2,1-2H3. The van der Waals surface area contributed by atoms with Crippen molar-refractivity contribution in [3.63, 3.8) is 0 Å². The van der Waals surface area contributed by atoms with Crippen LogP contribution in [-0.4, -0.2) is 37.6 Å². The van der Waals surface area contributed by atoms with E-state index in [9.17, 15) is 4.39 Å². The van der Waals surface area contributed by atoms with E-state index in [1.54, 1.807) is 12.1 Å². The van der Waals surface area contributed by atoms with Crippen molar-refractivity contribution in [1.82, 2.24) is 10.2 Å². The molecule has 1 aliphatic rings. The molecule has 1 fully saturated rings. The zero-order valence-corrected chi connectivity index (χ0v) is 11.3. The van der Waals surface area contributed by atoms with Gasteiger partial charge in [-0.1, -0.05) is 12.1 Å². The molecule has 2 unspecified atom stereocenters. The van der Waals surface area contributed by atoms with E-state index in [0.717, 1.165) is 24.4 Å². The summed E-state index contributed by atoms with van der Waals surface area (Å²) in [7, 11) is 2.18. The van der Waals surface area contributed by atoms with Crippen molar-refractivity contribution >= 4 is 0 Å². The fourth-order valence-corrected chi connectivity index (χ4v) is 2.65. The fraction of sp³-hybridized carbons (Fsp3) is 0.600. The van der Waals surface area contributed by atoms with Gasteiger partial charge < -0.3 is 10.2 Å². The van der Waals surface area contributed by atoms with E-state index in [-0.39, 0.29) is 5.82 Å². The SMILES string of the molecule is CC(Cc1cccc(F)c1)NCC1CCN(C)C1. The molecule has 3 heteroatoms. The highest BCUT2D eigenvalue weighted by Gasteiger charge is 2.19. The van der Waals surface area contributed by atoms with E-state index in [4.69, 9.17) is 0 Å². The second kappa shape index (κ2) is 6.30. The van der Waals surface area contributed by atoms with Gasteiger partial charge in [-0.05, 0) is 63.5 Å². The zero-order chi connectivity index (χ0) is 13.0. The van der Waals surface area contributed by atoms with E-state index in [0.29, 0.717) is 6.04 Å². The number of benzene rings is 1. The molecule has 2 nitrogen and oxygen atoms in total. The zero-order valence-electron chi connectivity index (χ0n) is 11.3. The van der Waals surface area contributed by atoms with Gasteiger partial charge in [-0.2, -0.15) is 0 Å². The summed E-state index contributed by atoms with van der Waals surface area (Å²) in [4.78, 5) is 2.38. The molecule has 0 radical (unpaired) electrons. The average Bonchev–Trinajstić information content (AvgIpc) is 2.73. The van der Waals surface area contributed by atoms with Crippen LogP contribution in [0.1, 0.15) is 18.9 Å². The molecule has 0 bridgehead atoms. The molecule has 2 rings (SSSR count). The molecule has 100 valence electrons. The Balaban J connectivity index is 1.73. The molecule has 0 amide bonds. The Kier molecular flexibility index (Phi) is 4.72. The third kappa shape index (κ3) is 4.07. The summed E-state index contributed by atoms with van der Waals surface area (Å²) in [5.74, 6) is 0.627. The van der Waals surface area contributed by atoms with Gasteiger partial charge in [0.25, 0.3) is 0 Å². The van der Waals surface area contributed by atoms with Crippen LogP contribution < -0.4 is 5.32 Å². The quantitative estimate of drug-likeness (QED) is 0.862. The predicted molar refractivity (Wildman–Crippen MR) is 73.2 cm³/mol. The maximum absolute atomic E-state index is 13.1. The number of halogens is 1. The molecule has 1 aromatic rings. The average molecular weight is 250 g/mol. The number of likely N-dealkylation sites (tertiary alicyclic amines) is 1. The molecule has 18 heavy (non-hydrogen) atoms. The number of rotatable bonds is 5. The summed E-state index contributed by atoms with van der Waals surface area (Å²) in [5, 5.41) is 3.56. The van der Waals surface area contributed by atoms with Crippen LogP contribution in [0.25, 0.3) is 0 Å². The molecule has 0 spiro atoms. The monoisotopic (exact) mass is 250 g/mol. The van der Waals surface area contributed by atoms with Crippen LogP contribution in [-0.2, 0) is 6.42 Å². The number of hydrogen-bond donors (Lipinski definition) is 1. The lowest BCUT2D eigenvalue weighted by atomic mass is 10.1. The van der Waals surface area contributed by atoms with Crippen LogP contribution in [0.4, 0.5) is 4.39 Å². The number of nitrogens with one attached hydrogen (secondary N) is 1. The summed E-state index contributed by atoms with van der Waals surface area (Å²) in [6.45, 7) is 5.65. The van der Waals surface area contributed by atoms with Crippen molar-refractivity contribution < 1.29 is 4.39 Å². The number of nitrogens with zero attached hydrogens (tertiary/aromatic N) is 1. The lowest BCUT2D eigenvalue weighted by Gasteiger charge is -2.17. The van der Waals surface area contributed by atoms with Gasteiger partial charge in [-0.15, -0.1) is 0 Å². The lowest BCUT2D eigenvalue weighted by Crippen LogP contribution is -2.33. The molecule has 2 atom stereocenters. The first-order chi connectivity index (χ1) is 8.63. The van der Waals surface area contributed by atoms with Gasteiger partial charge in [0, 0.05) is 12.6 Å². The Labute approximate surface area is 109 Å². The van der Waals surface area contributed by atoms with Crippen molar-refractivity contribution in [2.75, 3.05) is 26.7 Å². The molecular formula is C15H23FN2. The Morgan fingerprint density at radius 2 is 2.33 bits per heavy atom. The minimum Gasteiger partial charge on any atom is -0.314 e. The van der Waals surface area contributed by atoms with Gasteiger partial charge in [0.05, 0.1) is 0 Å². The first-order valence-corrected chi connectivity index (χ1v) is 6.80. The summed E-state index contributed by atoms with van der Waals surface area (Å²) in [5.41, 5.74) is 1.07. The first kappa shape index (κ1) is 13.5. The highest BCUT2D eigenvalue weighted by atomic mass is 19.1. The second-order valence-electron chi connectivity index (χ2n) is 5.56. The third-order valence-corrected chi connectivity index (χ3v) is 3.67. The molecule has 1 N–H and O–H groups in total. The summed E-state index contributed by atoms with van der Waals surface area (Å²) < 4.78 is 13.1. The van der Waals surface area contributed by atoms with Gasteiger partial charge in [0.15, 0.2) is 0 Å². The van der Waals surface area contributed by atoms with Crippen LogP contribution >= 0.6 is 0 Å². The largest absolute Gasteiger partial charge is 0.314 e. The van der Waals surface area contributed by atoms with Crippen LogP contribution in [0.2, 0.25) is 0 Å². The van der Waals surface area contributed by atoms with Gasteiger partial charge in [-0.3, -0.25) is 0 Å². The van der Waals surface area contributed by atoms with Crippen LogP contribution in [0, 0.1) is 11.7 Å². The van der Waals surface area contributed by atoms with E-state index >= 15 is 0 Å². The maximum Gasteiger partial charge on any atom is 0.123 e. The van der Waals surface area contributed by atoms with Gasteiger partial charge in [0.1, 0.15) is 5.82 Å². The molecular weight excluding hydrogens is 227 g/mol. The van der Waals surface area contributed by atoms with Crippen molar-refractivity contribution in [3.05, 3.63) is 35.6 Å². The first-order valence-electron chi connectivity index (χ1n) is 6.80. The van der Waals surface area contributed by atoms with E-state index < -0.39 is 0 Å². The third-order valence-electron chi connectivity index (χ3n) is 3.67. The minimum absolute atomic E-state index is 0.142. The molecule has 1 saturated heterocycles. The molecule has 0 saturated carbocycles. The molecule has 1 heterocycles. The van der Waals surface area contributed by atoms with E-state index in [1.807, 2.05) is 6.07 Å². The highest BCUT2D eigenvalue weighted by Crippen LogP contribution is 2.13. The molecule has 0 aliphatic carbocycles. The lowest BCUT2D eigenvalue weighted by molar-refractivity contribution is 0.380. The summed E-state index contributed by atoms with van der Waals surface area (Å²) >= 11 is 0. The second-order valence-corrected chi connectivity index (χ2v) is 5.56. The molecule has 1 aromatic carbocycles. The normalized spacial score (nSPS) is 22.3. The minimum atomic E-state index is -0.142. The Morgan fingerprint density at radius 1 is 1.50 bits per heavy atom. The predicted octanol–water partition coefficient (Wildman–Crippen LogP) is 2.30. The fourth-order valence-electron chi connectivity index (χ4n) is 2.65. The highest BCUT2D eigenvalue weighted by molar-refractivity contribution is 5.17. The van der Waals surface area contributed by atoms with Crippen LogP contribution in [0.15, 0.2) is 24.3 Å². The summed E-state index contributed by atoms with van der Waals surface area (Å²) in [6.07, 6.45) is 2.18. The smallest absolute Gasteiger partial charge is 0.123 e. The maximum atomic E-state index is 13.1. The topological polar surface area (TPSA) is 15.3 Å². The molecule has 1 aliphatic heterocycles. The Hall–Kier alpha value is -0.930. The van der Waals surface area contributed by atoms with Gasteiger partial charge in [-0.25, -0.2) is 4.39 Å².